The number of ether oxygens (including phenoxy) is 1. The molecule has 0 saturated heterocycles. The molecule has 4 heteroatoms. The average Bonchev–Trinajstić information content (AvgIpc) is 2.48. The van der Waals surface area contributed by atoms with Gasteiger partial charge in [0.2, 0.25) is 5.88 Å². The highest BCUT2D eigenvalue weighted by molar-refractivity contribution is 7.05. The van der Waals surface area contributed by atoms with Crippen molar-refractivity contribution in [3.05, 3.63) is 10.9 Å². The van der Waals surface area contributed by atoms with E-state index in [9.17, 15) is 0 Å². The van der Waals surface area contributed by atoms with Crippen LogP contribution in [0.15, 0.2) is 6.07 Å². The normalized spacial score (nSPS) is 10.0. The second kappa shape index (κ2) is 4.57. The molecule has 62 valence electrons. The summed E-state index contributed by atoms with van der Waals surface area (Å²) in [6.07, 6.45) is 2.01. The summed E-state index contributed by atoms with van der Waals surface area (Å²) in [6, 6.07) is 1.96. The first-order valence-electron chi connectivity index (χ1n) is 3.42. The van der Waals surface area contributed by atoms with Gasteiger partial charge in [-0.1, -0.05) is 0 Å². The van der Waals surface area contributed by atoms with E-state index < -0.39 is 0 Å². The van der Waals surface area contributed by atoms with Crippen molar-refractivity contribution in [2.75, 3.05) is 13.0 Å². The number of hydrogen-bond acceptors (Lipinski definition) is 3. The van der Waals surface area contributed by atoms with Gasteiger partial charge in [0.1, 0.15) is 0 Å². The molecular weight excluding hydrogens is 182 g/mol. The molecule has 1 aromatic heterocycles. The zero-order chi connectivity index (χ0) is 8.10. The van der Waals surface area contributed by atoms with Crippen LogP contribution in [0.3, 0.4) is 0 Å². The summed E-state index contributed by atoms with van der Waals surface area (Å²) in [7, 11) is 1.63. The van der Waals surface area contributed by atoms with E-state index in [0.29, 0.717) is 11.8 Å². The molecule has 0 N–H and O–H groups in total. The summed E-state index contributed by atoms with van der Waals surface area (Å²) in [5, 5.41) is 0. The van der Waals surface area contributed by atoms with Crippen LogP contribution >= 0.6 is 23.1 Å². The van der Waals surface area contributed by atoms with Crippen molar-refractivity contribution in [2.24, 2.45) is 0 Å². The van der Waals surface area contributed by atoms with E-state index in [-0.39, 0.29) is 0 Å². The van der Waals surface area contributed by atoms with Gasteiger partial charge in [-0.15, -0.1) is 11.6 Å². The van der Waals surface area contributed by atoms with Gasteiger partial charge in [-0.05, 0) is 24.4 Å². The topological polar surface area (TPSA) is 22.1 Å². The lowest BCUT2D eigenvalue weighted by Gasteiger charge is -1.89. The van der Waals surface area contributed by atoms with E-state index in [1.165, 1.54) is 16.4 Å². The van der Waals surface area contributed by atoms with Crippen LogP contribution in [0.25, 0.3) is 0 Å². The van der Waals surface area contributed by atoms with Crippen molar-refractivity contribution >= 4 is 23.1 Å². The van der Waals surface area contributed by atoms with Crippen LogP contribution in [0.2, 0.25) is 0 Å². The molecule has 0 unspecified atom stereocenters. The van der Waals surface area contributed by atoms with E-state index in [1.54, 1.807) is 7.11 Å². The smallest absolute Gasteiger partial charge is 0.225 e. The molecule has 1 aromatic rings. The Morgan fingerprint density at radius 3 is 3.09 bits per heavy atom. The highest BCUT2D eigenvalue weighted by Gasteiger charge is 1.99. The fourth-order valence-electron chi connectivity index (χ4n) is 0.749. The standard InChI is InChI=1S/C7H10ClNOS/c1-10-7-5-6(11-9-7)3-2-4-8/h5H,2-4H2,1H3. The summed E-state index contributed by atoms with van der Waals surface area (Å²) >= 11 is 7.03. The van der Waals surface area contributed by atoms with Crippen molar-refractivity contribution in [2.45, 2.75) is 12.8 Å². The maximum Gasteiger partial charge on any atom is 0.225 e. The molecule has 1 rings (SSSR count). The minimum Gasteiger partial charge on any atom is -0.480 e. The van der Waals surface area contributed by atoms with Gasteiger partial charge in [0.15, 0.2) is 0 Å². The molecule has 0 atom stereocenters. The van der Waals surface area contributed by atoms with E-state index >= 15 is 0 Å². The fourth-order valence-corrected chi connectivity index (χ4v) is 1.61. The van der Waals surface area contributed by atoms with Gasteiger partial charge < -0.3 is 4.74 Å². The SMILES string of the molecule is COc1cc(CCCCl)sn1. The average molecular weight is 192 g/mol. The van der Waals surface area contributed by atoms with Crippen molar-refractivity contribution in [3.8, 4) is 5.88 Å². The maximum atomic E-state index is 5.55. The van der Waals surface area contributed by atoms with Gasteiger partial charge in [-0.3, -0.25) is 0 Å². The molecule has 0 aromatic carbocycles. The predicted molar refractivity (Wildman–Crippen MR) is 47.7 cm³/mol. The molecule has 11 heavy (non-hydrogen) atoms. The lowest BCUT2D eigenvalue weighted by molar-refractivity contribution is 0.402. The Hall–Kier alpha value is -0.280. The van der Waals surface area contributed by atoms with Crippen LogP contribution in [0, 0.1) is 0 Å². The number of rotatable bonds is 4. The largest absolute Gasteiger partial charge is 0.480 e. The highest BCUT2D eigenvalue weighted by Crippen LogP contribution is 2.17. The third-order valence-corrected chi connectivity index (χ3v) is 2.40. The molecule has 1 heterocycles. The number of halogens is 1. The lowest BCUT2D eigenvalue weighted by Crippen LogP contribution is -1.81. The van der Waals surface area contributed by atoms with E-state index in [1.807, 2.05) is 6.07 Å². The van der Waals surface area contributed by atoms with Crippen LogP contribution in [0.1, 0.15) is 11.3 Å². The quantitative estimate of drug-likeness (QED) is 0.682. The third-order valence-electron chi connectivity index (χ3n) is 1.30. The van der Waals surface area contributed by atoms with Crippen LogP contribution < -0.4 is 4.74 Å². The van der Waals surface area contributed by atoms with Crippen molar-refractivity contribution in [1.29, 1.82) is 0 Å². The van der Waals surface area contributed by atoms with E-state index in [2.05, 4.69) is 4.37 Å². The zero-order valence-electron chi connectivity index (χ0n) is 6.34. The number of nitrogens with zero attached hydrogens (tertiary/aromatic N) is 1. The Morgan fingerprint density at radius 1 is 1.73 bits per heavy atom. The maximum absolute atomic E-state index is 5.55. The van der Waals surface area contributed by atoms with Gasteiger partial charge in [-0.25, -0.2) is 0 Å². The molecule has 0 aliphatic heterocycles. The molecule has 2 nitrogen and oxygen atoms in total. The Morgan fingerprint density at radius 2 is 2.55 bits per heavy atom. The van der Waals surface area contributed by atoms with Gasteiger partial charge >= 0.3 is 0 Å². The van der Waals surface area contributed by atoms with Gasteiger partial charge in [0.05, 0.1) is 7.11 Å². The number of aromatic nitrogens is 1. The first-order chi connectivity index (χ1) is 5.36. The molecule has 0 spiro atoms. The lowest BCUT2D eigenvalue weighted by atomic mass is 10.3. The number of alkyl halides is 1. The van der Waals surface area contributed by atoms with E-state index in [0.717, 1.165) is 12.8 Å². The summed E-state index contributed by atoms with van der Waals surface area (Å²) < 4.78 is 9.01. The first kappa shape index (κ1) is 8.81. The highest BCUT2D eigenvalue weighted by atomic mass is 35.5. The van der Waals surface area contributed by atoms with Crippen molar-refractivity contribution < 1.29 is 4.74 Å². The van der Waals surface area contributed by atoms with Crippen molar-refractivity contribution in [3.63, 3.8) is 0 Å². The predicted octanol–water partition coefficient (Wildman–Crippen LogP) is 2.32. The van der Waals surface area contributed by atoms with Crippen LogP contribution in [-0.4, -0.2) is 17.4 Å². The Labute approximate surface area is 75.3 Å². The van der Waals surface area contributed by atoms with Gasteiger partial charge in [0, 0.05) is 16.8 Å². The minimum atomic E-state index is 0.708. The first-order valence-corrected chi connectivity index (χ1v) is 4.73. The summed E-state index contributed by atoms with van der Waals surface area (Å²) in [6.45, 7) is 0. The van der Waals surface area contributed by atoms with Crippen LogP contribution in [0.5, 0.6) is 5.88 Å². The van der Waals surface area contributed by atoms with Crippen LogP contribution in [-0.2, 0) is 6.42 Å². The zero-order valence-corrected chi connectivity index (χ0v) is 7.91. The molecular formula is C7H10ClNOS. The number of methoxy groups -OCH3 is 1. The third kappa shape index (κ3) is 2.67. The van der Waals surface area contributed by atoms with Gasteiger partial charge in [-0.2, -0.15) is 4.37 Å². The monoisotopic (exact) mass is 191 g/mol. The van der Waals surface area contributed by atoms with Crippen LogP contribution in [0.4, 0.5) is 0 Å². The molecule has 0 radical (unpaired) electrons. The fraction of sp³-hybridized carbons (Fsp3) is 0.571. The van der Waals surface area contributed by atoms with Crippen molar-refractivity contribution in [1.82, 2.24) is 4.37 Å². The Kier molecular flexibility index (Phi) is 3.66. The number of aryl methyl sites for hydroxylation is 1. The molecule has 0 saturated carbocycles. The minimum absolute atomic E-state index is 0.708. The molecule has 0 amide bonds. The summed E-state index contributed by atoms with van der Waals surface area (Å²) in [5.41, 5.74) is 0. The Balaban J connectivity index is 2.44. The second-order valence-electron chi connectivity index (χ2n) is 2.13. The van der Waals surface area contributed by atoms with E-state index in [4.69, 9.17) is 16.3 Å². The molecule has 0 bridgehead atoms. The molecule has 0 fully saturated rings. The molecule has 0 aliphatic carbocycles. The summed E-state index contributed by atoms with van der Waals surface area (Å²) in [5.74, 6) is 1.42. The number of hydrogen-bond donors (Lipinski definition) is 0. The Bertz CT molecular complexity index is 214. The summed E-state index contributed by atoms with van der Waals surface area (Å²) in [4.78, 5) is 1.24. The van der Waals surface area contributed by atoms with Gasteiger partial charge in [0.25, 0.3) is 0 Å². The second-order valence-corrected chi connectivity index (χ2v) is 3.40. The molecule has 0 aliphatic rings.